The van der Waals surface area contributed by atoms with Crippen molar-refractivity contribution in [3.63, 3.8) is 0 Å². The Bertz CT molecular complexity index is 1360. The standard InChI is InChI=1S/C20H16N6O2/c1-11-8-17(25-23-11)21-19-14-5-3-2-4-12(14)9-18(22-19)28-13-6-7-15-16(10-13)24-26-20(15)27/h2-10H,1H3,(H2,24,26,27)(H2,21,22,23,25). The van der Waals surface area contributed by atoms with Crippen LogP contribution in [-0.2, 0) is 0 Å². The Hall–Kier alpha value is -4.07. The first-order valence-electron chi connectivity index (χ1n) is 8.73. The molecule has 0 aliphatic heterocycles. The molecule has 0 unspecified atom stereocenters. The predicted molar refractivity (Wildman–Crippen MR) is 107 cm³/mol. The van der Waals surface area contributed by atoms with Crippen LogP contribution < -0.4 is 15.6 Å². The van der Waals surface area contributed by atoms with Crippen LogP contribution in [0, 0.1) is 6.92 Å². The van der Waals surface area contributed by atoms with Crippen molar-refractivity contribution in [1.82, 2.24) is 25.4 Å². The molecule has 0 aliphatic carbocycles. The molecule has 5 rings (SSSR count). The maximum atomic E-state index is 11.7. The number of aryl methyl sites for hydroxylation is 1. The molecule has 0 fully saturated rings. The maximum Gasteiger partial charge on any atom is 0.271 e. The van der Waals surface area contributed by atoms with Crippen molar-refractivity contribution >= 4 is 33.3 Å². The Balaban J connectivity index is 1.55. The molecule has 138 valence electrons. The molecule has 2 aromatic carbocycles. The van der Waals surface area contributed by atoms with E-state index >= 15 is 0 Å². The summed E-state index contributed by atoms with van der Waals surface area (Å²) >= 11 is 0. The van der Waals surface area contributed by atoms with E-state index < -0.39 is 0 Å². The van der Waals surface area contributed by atoms with E-state index in [1.54, 1.807) is 18.2 Å². The molecule has 0 saturated heterocycles. The smallest absolute Gasteiger partial charge is 0.271 e. The van der Waals surface area contributed by atoms with Gasteiger partial charge in [0.1, 0.15) is 11.6 Å². The number of anilines is 2. The van der Waals surface area contributed by atoms with Crippen molar-refractivity contribution in [2.75, 3.05) is 5.32 Å². The van der Waals surface area contributed by atoms with Crippen LogP contribution in [0.5, 0.6) is 11.6 Å². The van der Waals surface area contributed by atoms with Crippen molar-refractivity contribution in [3.8, 4) is 11.6 Å². The molecular formula is C20H16N6O2. The van der Waals surface area contributed by atoms with Crippen LogP contribution in [0.15, 0.2) is 59.4 Å². The topological polar surface area (TPSA) is 111 Å². The monoisotopic (exact) mass is 372 g/mol. The number of nitrogens with one attached hydrogen (secondary N) is 4. The Kier molecular flexibility index (Phi) is 3.61. The Labute approximate surface area is 158 Å². The predicted octanol–water partition coefficient (Wildman–Crippen LogP) is 3.97. The second-order valence-electron chi connectivity index (χ2n) is 6.48. The molecule has 0 saturated carbocycles. The third-order valence-electron chi connectivity index (χ3n) is 4.44. The van der Waals surface area contributed by atoms with Gasteiger partial charge >= 0.3 is 0 Å². The van der Waals surface area contributed by atoms with Gasteiger partial charge in [0.15, 0.2) is 5.82 Å². The summed E-state index contributed by atoms with van der Waals surface area (Å²) in [4.78, 5) is 16.3. The van der Waals surface area contributed by atoms with Crippen LogP contribution in [-0.4, -0.2) is 25.4 Å². The molecule has 8 heteroatoms. The van der Waals surface area contributed by atoms with Crippen molar-refractivity contribution in [2.24, 2.45) is 0 Å². The highest BCUT2D eigenvalue weighted by Gasteiger charge is 2.10. The van der Waals surface area contributed by atoms with Gasteiger partial charge in [-0.25, -0.2) is 0 Å². The van der Waals surface area contributed by atoms with Crippen LogP contribution in [0.1, 0.15) is 5.69 Å². The van der Waals surface area contributed by atoms with Gasteiger partial charge < -0.3 is 10.1 Å². The van der Waals surface area contributed by atoms with Crippen molar-refractivity contribution in [3.05, 3.63) is 70.6 Å². The fraction of sp³-hybridized carbons (Fsp3) is 0.0500. The van der Waals surface area contributed by atoms with Crippen LogP contribution >= 0.6 is 0 Å². The average molecular weight is 372 g/mol. The lowest BCUT2D eigenvalue weighted by molar-refractivity contribution is 0.465. The Morgan fingerprint density at radius 2 is 1.89 bits per heavy atom. The van der Waals surface area contributed by atoms with Gasteiger partial charge in [0.05, 0.1) is 10.9 Å². The number of hydrogen-bond donors (Lipinski definition) is 4. The third-order valence-corrected chi connectivity index (χ3v) is 4.44. The molecule has 0 aliphatic rings. The van der Waals surface area contributed by atoms with Gasteiger partial charge in [0.2, 0.25) is 5.88 Å². The molecule has 0 bridgehead atoms. The van der Waals surface area contributed by atoms with Gasteiger partial charge in [-0.3, -0.25) is 20.1 Å². The van der Waals surface area contributed by atoms with Crippen molar-refractivity contribution < 1.29 is 4.74 Å². The van der Waals surface area contributed by atoms with E-state index in [1.165, 1.54) is 0 Å². The largest absolute Gasteiger partial charge is 0.439 e. The zero-order valence-electron chi connectivity index (χ0n) is 14.9. The SMILES string of the molecule is Cc1cc(Nc2nc(Oc3ccc4c(=O)[nH][nH]c4c3)cc3ccccc23)n[nH]1. The number of rotatable bonds is 4. The number of benzene rings is 2. The van der Waals surface area contributed by atoms with Crippen LogP contribution in [0.25, 0.3) is 21.7 Å². The van der Waals surface area contributed by atoms with Crippen LogP contribution in [0.2, 0.25) is 0 Å². The highest BCUT2D eigenvalue weighted by Crippen LogP contribution is 2.30. The van der Waals surface area contributed by atoms with E-state index in [2.05, 4.69) is 30.7 Å². The summed E-state index contributed by atoms with van der Waals surface area (Å²) in [5.41, 5.74) is 1.47. The van der Waals surface area contributed by atoms with Gasteiger partial charge in [-0.05, 0) is 24.4 Å². The maximum absolute atomic E-state index is 11.7. The van der Waals surface area contributed by atoms with E-state index in [4.69, 9.17) is 4.74 Å². The van der Waals surface area contributed by atoms with Crippen molar-refractivity contribution in [1.29, 1.82) is 0 Å². The van der Waals surface area contributed by atoms with Gasteiger partial charge in [0, 0.05) is 29.3 Å². The molecule has 8 nitrogen and oxygen atoms in total. The lowest BCUT2D eigenvalue weighted by Crippen LogP contribution is -1.98. The van der Waals surface area contributed by atoms with E-state index in [1.807, 2.05) is 43.3 Å². The second-order valence-corrected chi connectivity index (χ2v) is 6.48. The summed E-state index contributed by atoms with van der Waals surface area (Å²) < 4.78 is 5.97. The molecule has 0 radical (unpaired) electrons. The van der Waals surface area contributed by atoms with Crippen LogP contribution in [0.3, 0.4) is 0 Å². The highest BCUT2D eigenvalue weighted by molar-refractivity contribution is 5.94. The number of hydrogen-bond acceptors (Lipinski definition) is 5. The number of aromatic nitrogens is 5. The van der Waals surface area contributed by atoms with E-state index in [0.29, 0.717) is 34.2 Å². The minimum atomic E-state index is -0.161. The number of fused-ring (bicyclic) bond motifs is 2. The normalized spacial score (nSPS) is 11.2. The minimum Gasteiger partial charge on any atom is -0.439 e. The first-order chi connectivity index (χ1) is 13.7. The van der Waals surface area contributed by atoms with Gasteiger partial charge in [-0.2, -0.15) is 10.1 Å². The van der Waals surface area contributed by atoms with E-state index in [0.717, 1.165) is 16.5 Å². The number of nitrogens with zero attached hydrogens (tertiary/aromatic N) is 2. The molecule has 4 N–H and O–H groups in total. The number of pyridine rings is 1. The van der Waals surface area contributed by atoms with Gasteiger partial charge in [-0.15, -0.1) is 0 Å². The molecule has 0 spiro atoms. The fourth-order valence-corrected chi connectivity index (χ4v) is 3.13. The lowest BCUT2D eigenvalue weighted by Gasteiger charge is -2.11. The second kappa shape index (κ2) is 6.27. The first-order valence-corrected chi connectivity index (χ1v) is 8.73. The first kappa shape index (κ1) is 16.1. The Morgan fingerprint density at radius 3 is 2.75 bits per heavy atom. The highest BCUT2D eigenvalue weighted by atomic mass is 16.5. The molecule has 0 atom stereocenters. The fourth-order valence-electron chi connectivity index (χ4n) is 3.13. The van der Waals surface area contributed by atoms with Crippen molar-refractivity contribution in [2.45, 2.75) is 6.92 Å². The number of aromatic amines is 3. The van der Waals surface area contributed by atoms with E-state index in [9.17, 15) is 4.79 Å². The lowest BCUT2D eigenvalue weighted by atomic mass is 10.1. The summed E-state index contributed by atoms with van der Waals surface area (Å²) in [5, 5.41) is 18.3. The molecular weight excluding hydrogens is 356 g/mol. The average Bonchev–Trinajstić information content (AvgIpc) is 3.27. The summed E-state index contributed by atoms with van der Waals surface area (Å²) in [7, 11) is 0. The van der Waals surface area contributed by atoms with Crippen LogP contribution in [0.4, 0.5) is 11.6 Å². The summed E-state index contributed by atoms with van der Waals surface area (Å²) in [6, 6.07) is 16.9. The zero-order chi connectivity index (χ0) is 19.1. The summed E-state index contributed by atoms with van der Waals surface area (Å²) in [6.07, 6.45) is 0. The summed E-state index contributed by atoms with van der Waals surface area (Å²) in [6.45, 7) is 1.94. The zero-order valence-corrected chi connectivity index (χ0v) is 14.9. The molecule has 5 aromatic rings. The Morgan fingerprint density at radius 1 is 1.00 bits per heavy atom. The quantitative estimate of drug-likeness (QED) is 0.381. The third kappa shape index (κ3) is 2.86. The molecule has 0 amide bonds. The van der Waals surface area contributed by atoms with Gasteiger partial charge in [0.25, 0.3) is 5.56 Å². The number of ether oxygens (including phenoxy) is 1. The number of H-pyrrole nitrogens is 3. The van der Waals surface area contributed by atoms with Gasteiger partial charge in [-0.1, -0.05) is 24.3 Å². The molecule has 3 aromatic heterocycles. The molecule has 3 heterocycles. The summed E-state index contributed by atoms with van der Waals surface area (Å²) in [5.74, 6) is 2.34. The minimum absolute atomic E-state index is 0.161. The molecule has 28 heavy (non-hydrogen) atoms. The van der Waals surface area contributed by atoms with E-state index in [-0.39, 0.29) is 5.56 Å².